The molecule has 0 spiro atoms. The van der Waals surface area contributed by atoms with Crippen molar-refractivity contribution in [2.45, 2.75) is 12.8 Å². The Kier molecular flexibility index (Phi) is 3.69. The molecular weight excluding hydrogens is 348 g/mol. The molecule has 0 amide bonds. The molecule has 2 heterocycles. The normalized spacial score (nSPS) is 15.4. The molecule has 1 aliphatic heterocycles. The minimum absolute atomic E-state index is 0.167. The third-order valence-corrected chi connectivity index (χ3v) is 5.28. The number of ether oxygens (including phenoxy) is 1. The summed E-state index contributed by atoms with van der Waals surface area (Å²) in [7, 11) is 0. The van der Waals surface area contributed by atoms with Gasteiger partial charge in [-0.05, 0) is 34.4 Å². The average molecular weight is 368 g/mol. The van der Waals surface area contributed by atoms with E-state index >= 15 is 0 Å². The molecule has 0 saturated heterocycles. The maximum absolute atomic E-state index is 6.15. The van der Waals surface area contributed by atoms with E-state index in [9.17, 15) is 0 Å². The van der Waals surface area contributed by atoms with Gasteiger partial charge >= 0.3 is 0 Å². The third kappa shape index (κ3) is 2.55. The predicted octanol–water partition coefficient (Wildman–Crippen LogP) is 4.62. The molecule has 1 aromatic heterocycles. The second-order valence-corrected chi connectivity index (χ2v) is 7.19. The first-order chi connectivity index (χ1) is 13.6. The molecule has 4 aromatic rings. The maximum atomic E-state index is 6.15. The van der Waals surface area contributed by atoms with Gasteiger partial charge in [0.15, 0.2) is 0 Å². The van der Waals surface area contributed by atoms with Crippen molar-refractivity contribution in [2.75, 3.05) is 18.1 Å². The van der Waals surface area contributed by atoms with E-state index < -0.39 is 0 Å². The number of anilines is 2. The average Bonchev–Trinajstić information content (AvgIpc) is 3.09. The number of nitrogens with zero attached hydrogens (tertiary/aromatic N) is 2. The van der Waals surface area contributed by atoms with Gasteiger partial charge in [0.1, 0.15) is 11.6 Å². The molecule has 0 saturated carbocycles. The summed E-state index contributed by atoms with van der Waals surface area (Å²) in [4.78, 5) is 8.54. The Morgan fingerprint density at radius 2 is 1.64 bits per heavy atom. The fourth-order valence-corrected chi connectivity index (χ4v) is 3.99. The Labute approximate surface area is 163 Å². The molecule has 28 heavy (non-hydrogen) atoms. The number of rotatable bonds is 2. The van der Waals surface area contributed by atoms with Crippen molar-refractivity contribution in [2.24, 2.45) is 0 Å². The highest BCUT2D eigenvalue weighted by atomic mass is 16.5. The van der Waals surface area contributed by atoms with Crippen LogP contribution in [0.1, 0.15) is 18.4 Å². The summed E-state index contributed by atoms with van der Waals surface area (Å²) in [6, 6.07) is 20.9. The van der Waals surface area contributed by atoms with Gasteiger partial charge in [0.25, 0.3) is 0 Å². The first-order valence-electron chi connectivity index (χ1n) is 9.30. The monoisotopic (exact) mass is 368 g/mol. The summed E-state index contributed by atoms with van der Waals surface area (Å²) >= 11 is 0. The van der Waals surface area contributed by atoms with Gasteiger partial charge in [-0.2, -0.15) is 4.98 Å². The van der Waals surface area contributed by atoms with E-state index in [-0.39, 0.29) is 11.9 Å². The van der Waals surface area contributed by atoms with Gasteiger partial charge in [-0.3, -0.25) is 0 Å². The lowest BCUT2D eigenvalue weighted by Gasteiger charge is -2.15. The summed E-state index contributed by atoms with van der Waals surface area (Å²) in [5.41, 5.74) is 18.4. The van der Waals surface area contributed by atoms with E-state index in [0.29, 0.717) is 17.9 Å². The van der Waals surface area contributed by atoms with E-state index in [2.05, 4.69) is 59.4 Å². The topological polar surface area (TPSA) is 87.0 Å². The Morgan fingerprint density at radius 1 is 0.893 bits per heavy atom. The molecule has 4 N–H and O–H groups in total. The van der Waals surface area contributed by atoms with E-state index in [1.807, 2.05) is 18.2 Å². The molecule has 1 aliphatic rings. The number of aromatic nitrogens is 2. The summed E-state index contributed by atoms with van der Waals surface area (Å²) < 4.78 is 6.02. The van der Waals surface area contributed by atoms with Gasteiger partial charge in [-0.15, -0.1) is 0 Å². The predicted molar refractivity (Wildman–Crippen MR) is 113 cm³/mol. The molecule has 1 unspecified atom stereocenters. The molecular formula is C23H20N4O. The van der Waals surface area contributed by atoms with E-state index in [1.165, 1.54) is 11.1 Å². The molecule has 0 bridgehead atoms. The Hall–Kier alpha value is -3.60. The van der Waals surface area contributed by atoms with Gasteiger partial charge in [0.2, 0.25) is 5.95 Å². The molecule has 0 fully saturated rings. The van der Waals surface area contributed by atoms with Crippen molar-refractivity contribution in [3.63, 3.8) is 0 Å². The number of hydrogen-bond acceptors (Lipinski definition) is 5. The molecule has 5 heteroatoms. The second kappa shape index (κ2) is 6.23. The molecule has 0 radical (unpaired) electrons. The third-order valence-electron chi connectivity index (χ3n) is 5.28. The Morgan fingerprint density at radius 3 is 2.46 bits per heavy atom. The van der Waals surface area contributed by atoms with Crippen LogP contribution in [0.25, 0.3) is 33.2 Å². The van der Waals surface area contributed by atoms with Crippen LogP contribution >= 0.6 is 0 Å². The van der Waals surface area contributed by atoms with Crippen molar-refractivity contribution in [1.29, 1.82) is 0 Å². The summed E-state index contributed by atoms with van der Waals surface area (Å²) in [6.07, 6.45) is 0. The molecule has 5 nitrogen and oxygen atoms in total. The van der Waals surface area contributed by atoms with E-state index in [0.717, 1.165) is 27.8 Å². The summed E-state index contributed by atoms with van der Waals surface area (Å²) in [5, 5.41) is 0.747. The molecule has 0 aliphatic carbocycles. The SMILES string of the molecule is CC1COc2c1c(-c1cccc(-c3ccccc3)c1)cc1nc(N)nc(N)c21. The van der Waals surface area contributed by atoms with Gasteiger partial charge in [-0.1, -0.05) is 55.5 Å². The largest absolute Gasteiger partial charge is 0.492 e. The van der Waals surface area contributed by atoms with Crippen LogP contribution in [0.4, 0.5) is 11.8 Å². The van der Waals surface area contributed by atoms with Crippen molar-refractivity contribution >= 4 is 22.7 Å². The van der Waals surface area contributed by atoms with Crippen LogP contribution in [0.2, 0.25) is 0 Å². The van der Waals surface area contributed by atoms with Crippen LogP contribution in [-0.4, -0.2) is 16.6 Å². The highest BCUT2D eigenvalue weighted by Crippen LogP contribution is 2.47. The van der Waals surface area contributed by atoms with Gasteiger partial charge < -0.3 is 16.2 Å². The first-order valence-corrected chi connectivity index (χ1v) is 9.30. The molecule has 5 rings (SSSR count). The van der Waals surface area contributed by atoms with Crippen molar-refractivity contribution < 1.29 is 4.74 Å². The van der Waals surface area contributed by atoms with Crippen LogP contribution in [0.15, 0.2) is 60.7 Å². The van der Waals surface area contributed by atoms with Crippen LogP contribution < -0.4 is 16.2 Å². The zero-order chi connectivity index (χ0) is 19.3. The van der Waals surface area contributed by atoms with Crippen LogP contribution in [0.5, 0.6) is 5.75 Å². The lowest BCUT2D eigenvalue weighted by molar-refractivity contribution is 0.340. The number of nitrogen functional groups attached to an aromatic ring is 2. The van der Waals surface area contributed by atoms with Gasteiger partial charge in [-0.25, -0.2) is 4.98 Å². The Bertz CT molecular complexity index is 1200. The lowest BCUT2D eigenvalue weighted by atomic mass is 9.89. The molecule has 3 aromatic carbocycles. The first kappa shape index (κ1) is 16.6. The van der Waals surface area contributed by atoms with E-state index in [4.69, 9.17) is 16.2 Å². The van der Waals surface area contributed by atoms with Gasteiger partial charge in [0, 0.05) is 11.5 Å². The lowest BCUT2D eigenvalue weighted by Crippen LogP contribution is -2.02. The second-order valence-electron chi connectivity index (χ2n) is 7.19. The minimum atomic E-state index is 0.167. The highest BCUT2D eigenvalue weighted by Gasteiger charge is 2.28. The number of nitrogens with two attached hydrogens (primary N) is 2. The minimum Gasteiger partial charge on any atom is -0.492 e. The summed E-state index contributed by atoms with van der Waals surface area (Å²) in [5.74, 6) is 1.56. The fourth-order valence-electron chi connectivity index (χ4n) is 3.99. The Balaban J connectivity index is 1.77. The van der Waals surface area contributed by atoms with Gasteiger partial charge in [0.05, 0.1) is 17.5 Å². The van der Waals surface area contributed by atoms with Crippen LogP contribution in [-0.2, 0) is 0 Å². The standard InChI is InChI=1S/C23H20N4O/c1-13-12-28-21-19(13)17(11-18-20(21)22(24)27-23(25)26-18)16-9-5-8-15(10-16)14-6-3-2-4-7-14/h2-11,13H,12H2,1H3,(H4,24,25,26,27). The van der Waals surface area contributed by atoms with Crippen molar-refractivity contribution in [1.82, 2.24) is 9.97 Å². The van der Waals surface area contributed by atoms with Crippen LogP contribution in [0.3, 0.4) is 0 Å². The zero-order valence-electron chi connectivity index (χ0n) is 15.5. The van der Waals surface area contributed by atoms with Crippen molar-refractivity contribution in [3.8, 4) is 28.0 Å². The smallest absolute Gasteiger partial charge is 0.222 e. The number of benzene rings is 3. The van der Waals surface area contributed by atoms with E-state index in [1.54, 1.807) is 0 Å². The molecule has 1 atom stereocenters. The quantitative estimate of drug-likeness (QED) is 0.539. The fraction of sp³-hybridized carbons (Fsp3) is 0.130. The number of fused-ring (bicyclic) bond motifs is 3. The van der Waals surface area contributed by atoms with Crippen molar-refractivity contribution in [3.05, 3.63) is 66.2 Å². The highest BCUT2D eigenvalue weighted by molar-refractivity contribution is 6.00. The number of hydrogen-bond donors (Lipinski definition) is 2. The van der Waals surface area contributed by atoms with Crippen LogP contribution in [0, 0.1) is 0 Å². The molecule has 138 valence electrons. The maximum Gasteiger partial charge on any atom is 0.222 e. The summed E-state index contributed by atoms with van der Waals surface area (Å²) in [6.45, 7) is 2.78. The zero-order valence-corrected chi connectivity index (χ0v) is 15.5.